The van der Waals surface area contributed by atoms with Crippen molar-refractivity contribution >= 4 is 11.6 Å². The van der Waals surface area contributed by atoms with E-state index in [0.29, 0.717) is 13.2 Å². The van der Waals surface area contributed by atoms with Crippen LogP contribution in [0.5, 0.6) is 5.75 Å². The lowest BCUT2D eigenvalue weighted by Crippen LogP contribution is -2.16. The van der Waals surface area contributed by atoms with Crippen LogP contribution >= 0.6 is 11.6 Å². The van der Waals surface area contributed by atoms with E-state index in [9.17, 15) is 0 Å². The van der Waals surface area contributed by atoms with E-state index in [4.69, 9.17) is 22.1 Å². The number of benzene rings is 2. The van der Waals surface area contributed by atoms with Crippen LogP contribution in [0, 0.1) is 13.8 Å². The van der Waals surface area contributed by atoms with Crippen molar-refractivity contribution in [1.82, 2.24) is 0 Å². The van der Waals surface area contributed by atoms with Crippen LogP contribution in [0.25, 0.3) is 0 Å². The van der Waals surface area contributed by atoms with Gasteiger partial charge in [-0.1, -0.05) is 29.8 Å². The fourth-order valence-electron chi connectivity index (χ4n) is 2.68. The Morgan fingerprint density at radius 1 is 1.14 bits per heavy atom. The van der Waals surface area contributed by atoms with Crippen molar-refractivity contribution in [1.29, 1.82) is 0 Å². The molecular formula is C19H24ClNO. The van der Waals surface area contributed by atoms with Gasteiger partial charge in [-0.15, -0.1) is 0 Å². The predicted octanol–water partition coefficient (Wildman–Crippen LogP) is 4.64. The van der Waals surface area contributed by atoms with E-state index in [-0.39, 0.29) is 5.92 Å². The number of hydrogen-bond acceptors (Lipinski definition) is 2. The first-order chi connectivity index (χ1) is 10.5. The Hall–Kier alpha value is -1.51. The van der Waals surface area contributed by atoms with Crippen LogP contribution in [-0.2, 0) is 6.42 Å². The Morgan fingerprint density at radius 2 is 1.86 bits per heavy atom. The Balaban J connectivity index is 2.35. The van der Waals surface area contributed by atoms with Crippen LogP contribution in [0.1, 0.15) is 35.1 Å². The third-order valence-electron chi connectivity index (χ3n) is 4.02. The number of halogens is 1. The number of rotatable bonds is 6. The lowest BCUT2D eigenvalue weighted by Gasteiger charge is -2.21. The van der Waals surface area contributed by atoms with Crippen molar-refractivity contribution in [2.24, 2.45) is 5.73 Å². The van der Waals surface area contributed by atoms with E-state index in [1.807, 2.05) is 25.1 Å². The van der Waals surface area contributed by atoms with Crippen molar-refractivity contribution in [2.45, 2.75) is 33.1 Å². The van der Waals surface area contributed by atoms with Gasteiger partial charge in [-0.25, -0.2) is 0 Å². The average Bonchev–Trinajstić information content (AvgIpc) is 2.49. The first kappa shape index (κ1) is 16.9. The Bertz CT molecular complexity index is 639. The largest absolute Gasteiger partial charge is 0.494 e. The molecule has 0 saturated carbocycles. The molecule has 2 N–H and O–H groups in total. The summed E-state index contributed by atoms with van der Waals surface area (Å²) < 4.78 is 5.84. The molecule has 0 aromatic heterocycles. The first-order valence-corrected chi connectivity index (χ1v) is 8.11. The molecule has 0 aliphatic heterocycles. The minimum absolute atomic E-state index is 0.222. The minimum Gasteiger partial charge on any atom is -0.494 e. The fourth-order valence-corrected chi connectivity index (χ4v) is 2.89. The molecular weight excluding hydrogens is 294 g/mol. The van der Waals surface area contributed by atoms with E-state index in [2.05, 4.69) is 32.0 Å². The van der Waals surface area contributed by atoms with E-state index in [0.717, 1.165) is 17.2 Å². The summed E-state index contributed by atoms with van der Waals surface area (Å²) in [5, 5.41) is 0.762. The van der Waals surface area contributed by atoms with Crippen molar-refractivity contribution in [3.8, 4) is 5.75 Å². The lowest BCUT2D eigenvalue weighted by atomic mass is 9.89. The van der Waals surface area contributed by atoms with Gasteiger partial charge in [-0.05, 0) is 74.2 Å². The third-order valence-corrected chi connectivity index (χ3v) is 4.26. The van der Waals surface area contributed by atoms with Crippen LogP contribution in [-0.4, -0.2) is 13.2 Å². The highest BCUT2D eigenvalue weighted by Crippen LogP contribution is 2.32. The molecule has 2 rings (SSSR count). The van der Waals surface area contributed by atoms with Gasteiger partial charge in [-0.2, -0.15) is 0 Å². The van der Waals surface area contributed by atoms with Gasteiger partial charge >= 0.3 is 0 Å². The third kappa shape index (κ3) is 4.02. The summed E-state index contributed by atoms with van der Waals surface area (Å²) in [5.41, 5.74) is 10.9. The lowest BCUT2D eigenvalue weighted by molar-refractivity contribution is 0.333. The molecule has 2 aromatic rings. The highest BCUT2D eigenvalue weighted by atomic mass is 35.5. The summed E-state index contributed by atoms with van der Waals surface area (Å²) in [7, 11) is 0. The molecule has 0 aliphatic carbocycles. The molecule has 0 radical (unpaired) electrons. The molecule has 1 atom stereocenters. The number of nitrogens with two attached hydrogens (primary N) is 1. The molecule has 0 fully saturated rings. The topological polar surface area (TPSA) is 35.2 Å². The zero-order valence-corrected chi connectivity index (χ0v) is 14.3. The number of ether oxygens (including phenoxy) is 1. The maximum absolute atomic E-state index is 6.09. The molecule has 2 nitrogen and oxygen atoms in total. The molecule has 0 amide bonds. The van der Waals surface area contributed by atoms with Crippen LogP contribution in [0.4, 0.5) is 0 Å². The van der Waals surface area contributed by atoms with Crippen molar-refractivity contribution in [3.63, 3.8) is 0 Å². The second-order valence-electron chi connectivity index (χ2n) is 5.67. The summed E-state index contributed by atoms with van der Waals surface area (Å²) in [6.45, 7) is 7.48. The minimum atomic E-state index is 0.222. The highest BCUT2D eigenvalue weighted by molar-refractivity contribution is 6.30. The number of aryl methyl sites for hydroxylation is 2. The molecule has 0 spiro atoms. The fraction of sp³-hybridized carbons (Fsp3) is 0.368. The molecule has 0 saturated heterocycles. The maximum Gasteiger partial charge on any atom is 0.123 e. The van der Waals surface area contributed by atoms with Gasteiger partial charge in [0, 0.05) is 10.9 Å². The second kappa shape index (κ2) is 7.66. The average molecular weight is 318 g/mol. The predicted molar refractivity (Wildman–Crippen MR) is 94.0 cm³/mol. The van der Waals surface area contributed by atoms with Crippen LogP contribution in [0.15, 0.2) is 36.4 Å². The summed E-state index contributed by atoms with van der Waals surface area (Å²) in [6.07, 6.45) is 0.861. The van der Waals surface area contributed by atoms with Crippen molar-refractivity contribution < 1.29 is 4.74 Å². The second-order valence-corrected chi connectivity index (χ2v) is 6.11. The molecule has 3 heteroatoms. The molecule has 0 bridgehead atoms. The molecule has 0 aliphatic rings. The molecule has 118 valence electrons. The monoisotopic (exact) mass is 317 g/mol. The summed E-state index contributed by atoms with van der Waals surface area (Å²) in [6, 6.07) is 12.3. The van der Waals surface area contributed by atoms with Gasteiger partial charge in [0.1, 0.15) is 5.75 Å². The summed E-state index contributed by atoms with van der Waals surface area (Å²) in [5.74, 6) is 1.17. The van der Waals surface area contributed by atoms with E-state index >= 15 is 0 Å². The smallest absolute Gasteiger partial charge is 0.123 e. The maximum atomic E-state index is 6.09. The quantitative estimate of drug-likeness (QED) is 0.842. The normalized spacial score (nSPS) is 12.2. The molecule has 2 aromatic carbocycles. The molecule has 22 heavy (non-hydrogen) atoms. The van der Waals surface area contributed by atoms with Gasteiger partial charge in [0.05, 0.1) is 6.61 Å². The van der Waals surface area contributed by atoms with Gasteiger partial charge in [0.2, 0.25) is 0 Å². The summed E-state index contributed by atoms with van der Waals surface area (Å²) >= 11 is 6.09. The Labute approximate surface area is 138 Å². The van der Waals surface area contributed by atoms with E-state index in [1.165, 1.54) is 22.3 Å². The van der Waals surface area contributed by atoms with Gasteiger partial charge in [-0.3, -0.25) is 0 Å². The standard InChI is InChI=1S/C19H24ClNO/c1-4-22-19-9-14(3)13(2)8-18(19)16(12-21)10-15-6-5-7-17(20)11-15/h5-9,11,16H,4,10,12,21H2,1-3H3. The van der Waals surface area contributed by atoms with Crippen LogP contribution < -0.4 is 10.5 Å². The Kier molecular flexibility index (Phi) is 5.87. The van der Waals surface area contributed by atoms with Gasteiger partial charge in [0.15, 0.2) is 0 Å². The van der Waals surface area contributed by atoms with E-state index < -0.39 is 0 Å². The molecule has 0 heterocycles. The van der Waals surface area contributed by atoms with Gasteiger partial charge < -0.3 is 10.5 Å². The summed E-state index contributed by atoms with van der Waals surface area (Å²) in [4.78, 5) is 0. The van der Waals surface area contributed by atoms with Gasteiger partial charge in [0.25, 0.3) is 0 Å². The van der Waals surface area contributed by atoms with Crippen LogP contribution in [0.2, 0.25) is 5.02 Å². The van der Waals surface area contributed by atoms with Crippen molar-refractivity contribution in [2.75, 3.05) is 13.2 Å². The van der Waals surface area contributed by atoms with Crippen molar-refractivity contribution in [3.05, 3.63) is 63.7 Å². The molecule has 1 unspecified atom stereocenters. The zero-order valence-electron chi connectivity index (χ0n) is 13.5. The zero-order chi connectivity index (χ0) is 16.1. The highest BCUT2D eigenvalue weighted by Gasteiger charge is 2.17. The first-order valence-electron chi connectivity index (χ1n) is 7.73. The number of hydrogen-bond donors (Lipinski definition) is 1. The SMILES string of the molecule is CCOc1cc(C)c(C)cc1C(CN)Cc1cccc(Cl)c1. The van der Waals surface area contributed by atoms with Crippen LogP contribution in [0.3, 0.4) is 0 Å². The Morgan fingerprint density at radius 3 is 2.50 bits per heavy atom. The van der Waals surface area contributed by atoms with E-state index in [1.54, 1.807) is 0 Å².